The molecular formula is C27H27FN2O4. The molecule has 3 heterocycles. The van der Waals surface area contributed by atoms with Gasteiger partial charge < -0.3 is 19.4 Å². The molecule has 6 nitrogen and oxygen atoms in total. The van der Waals surface area contributed by atoms with Crippen molar-refractivity contribution in [1.29, 1.82) is 0 Å². The Kier molecular flexibility index (Phi) is 6.20. The van der Waals surface area contributed by atoms with Gasteiger partial charge in [-0.05, 0) is 53.8 Å². The molecule has 1 saturated heterocycles. The number of hydrogen-bond acceptors (Lipinski definition) is 4. The molecule has 1 aromatic heterocycles. The SMILES string of the molecule is O=C(NCC1(c2ccc(F)cc2)CCOCC1)C1Cc2ccccc2CN1C(=O)c1ccco1. The molecule has 1 fully saturated rings. The number of furan rings is 1. The largest absolute Gasteiger partial charge is 0.459 e. The van der Waals surface area contributed by atoms with Crippen LogP contribution in [0.5, 0.6) is 0 Å². The number of fused-ring (bicyclic) bond motifs is 1. The molecule has 3 aromatic rings. The highest BCUT2D eigenvalue weighted by molar-refractivity contribution is 5.96. The molecule has 0 radical (unpaired) electrons. The van der Waals surface area contributed by atoms with Crippen molar-refractivity contribution < 1.29 is 23.1 Å². The highest BCUT2D eigenvalue weighted by Gasteiger charge is 2.39. The quantitative estimate of drug-likeness (QED) is 0.625. The Hall–Kier alpha value is -3.45. The summed E-state index contributed by atoms with van der Waals surface area (Å²) in [5, 5.41) is 3.12. The summed E-state index contributed by atoms with van der Waals surface area (Å²) in [6.45, 7) is 1.88. The molecule has 1 atom stereocenters. The zero-order chi connectivity index (χ0) is 23.5. The summed E-state index contributed by atoms with van der Waals surface area (Å²) in [5.41, 5.74) is 2.73. The second-order valence-corrected chi connectivity index (χ2v) is 9.02. The molecular weight excluding hydrogens is 435 g/mol. The fourth-order valence-electron chi connectivity index (χ4n) is 5.02. The predicted octanol–water partition coefficient (Wildman–Crippen LogP) is 3.85. The lowest BCUT2D eigenvalue weighted by Crippen LogP contribution is -2.55. The molecule has 5 rings (SSSR count). The van der Waals surface area contributed by atoms with Crippen LogP contribution in [0.4, 0.5) is 4.39 Å². The molecule has 1 unspecified atom stereocenters. The first kappa shape index (κ1) is 22.3. The summed E-state index contributed by atoms with van der Waals surface area (Å²) < 4.78 is 24.5. The van der Waals surface area contributed by atoms with Crippen LogP contribution in [0.25, 0.3) is 0 Å². The lowest BCUT2D eigenvalue weighted by Gasteiger charge is -2.40. The van der Waals surface area contributed by atoms with Gasteiger partial charge in [0.1, 0.15) is 11.9 Å². The zero-order valence-electron chi connectivity index (χ0n) is 18.8. The number of rotatable bonds is 5. The fourth-order valence-corrected chi connectivity index (χ4v) is 5.02. The van der Waals surface area contributed by atoms with Gasteiger partial charge in [0.2, 0.25) is 5.91 Å². The molecule has 0 saturated carbocycles. The zero-order valence-corrected chi connectivity index (χ0v) is 18.8. The predicted molar refractivity (Wildman–Crippen MR) is 124 cm³/mol. The third-order valence-corrected chi connectivity index (χ3v) is 7.05. The third kappa shape index (κ3) is 4.35. The van der Waals surface area contributed by atoms with Crippen LogP contribution in [0, 0.1) is 5.82 Å². The standard InChI is InChI=1S/C27H27FN2O4/c28-22-9-7-21(8-10-22)27(11-14-33-15-12-27)18-29-25(31)23-16-19-4-1-2-5-20(19)17-30(23)26(32)24-6-3-13-34-24/h1-10,13,23H,11-12,14-18H2,(H,29,31). The minimum absolute atomic E-state index is 0.206. The highest BCUT2D eigenvalue weighted by atomic mass is 19.1. The van der Waals surface area contributed by atoms with Crippen LogP contribution in [-0.4, -0.2) is 42.5 Å². The second kappa shape index (κ2) is 9.43. The Morgan fingerprint density at radius 1 is 1.00 bits per heavy atom. The minimum atomic E-state index is -0.655. The van der Waals surface area contributed by atoms with Crippen molar-refractivity contribution in [2.75, 3.05) is 19.8 Å². The third-order valence-electron chi connectivity index (χ3n) is 7.05. The van der Waals surface area contributed by atoms with Gasteiger partial charge in [-0.1, -0.05) is 36.4 Å². The lowest BCUT2D eigenvalue weighted by atomic mass is 9.74. The number of nitrogens with one attached hydrogen (secondary N) is 1. The van der Waals surface area contributed by atoms with E-state index in [0.717, 1.165) is 29.5 Å². The maximum absolute atomic E-state index is 13.6. The average Bonchev–Trinajstić information content (AvgIpc) is 3.42. The number of nitrogens with zero attached hydrogens (tertiary/aromatic N) is 1. The van der Waals surface area contributed by atoms with Crippen molar-refractivity contribution in [3.8, 4) is 0 Å². The van der Waals surface area contributed by atoms with E-state index in [0.29, 0.717) is 32.7 Å². The Morgan fingerprint density at radius 2 is 1.74 bits per heavy atom. The summed E-state index contributed by atoms with van der Waals surface area (Å²) in [5.74, 6) is -0.589. The smallest absolute Gasteiger partial charge is 0.290 e. The molecule has 34 heavy (non-hydrogen) atoms. The van der Waals surface area contributed by atoms with Crippen molar-refractivity contribution in [2.45, 2.75) is 37.3 Å². The molecule has 2 aliphatic heterocycles. The van der Waals surface area contributed by atoms with E-state index in [4.69, 9.17) is 9.15 Å². The van der Waals surface area contributed by atoms with Gasteiger partial charge in [-0.3, -0.25) is 9.59 Å². The van der Waals surface area contributed by atoms with E-state index in [1.807, 2.05) is 24.3 Å². The van der Waals surface area contributed by atoms with Gasteiger partial charge in [-0.15, -0.1) is 0 Å². The van der Waals surface area contributed by atoms with E-state index < -0.39 is 6.04 Å². The van der Waals surface area contributed by atoms with Crippen molar-refractivity contribution in [3.05, 3.63) is 95.2 Å². The molecule has 176 valence electrons. The van der Waals surface area contributed by atoms with Crippen molar-refractivity contribution in [2.24, 2.45) is 0 Å². The van der Waals surface area contributed by atoms with Crippen LogP contribution < -0.4 is 5.32 Å². The molecule has 7 heteroatoms. The molecule has 2 aliphatic rings. The van der Waals surface area contributed by atoms with E-state index >= 15 is 0 Å². The van der Waals surface area contributed by atoms with Gasteiger partial charge in [-0.2, -0.15) is 0 Å². The summed E-state index contributed by atoms with van der Waals surface area (Å²) >= 11 is 0. The molecule has 1 N–H and O–H groups in total. The highest BCUT2D eigenvalue weighted by Crippen LogP contribution is 2.35. The Morgan fingerprint density at radius 3 is 2.44 bits per heavy atom. The van der Waals surface area contributed by atoms with Gasteiger partial charge in [-0.25, -0.2) is 4.39 Å². The lowest BCUT2D eigenvalue weighted by molar-refractivity contribution is -0.126. The number of benzene rings is 2. The van der Waals surface area contributed by atoms with E-state index in [1.165, 1.54) is 18.4 Å². The normalized spacial score (nSPS) is 19.3. The van der Waals surface area contributed by atoms with E-state index in [1.54, 1.807) is 29.2 Å². The first-order chi connectivity index (χ1) is 16.6. The van der Waals surface area contributed by atoms with Gasteiger partial charge in [0.15, 0.2) is 5.76 Å². The number of carbonyl (C=O) groups is 2. The van der Waals surface area contributed by atoms with Crippen molar-refractivity contribution >= 4 is 11.8 Å². The van der Waals surface area contributed by atoms with Crippen LogP contribution in [-0.2, 0) is 27.9 Å². The van der Waals surface area contributed by atoms with Crippen LogP contribution in [0.15, 0.2) is 71.3 Å². The summed E-state index contributed by atoms with van der Waals surface area (Å²) in [6, 6.07) is 17.0. The first-order valence-corrected chi connectivity index (χ1v) is 11.6. The summed E-state index contributed by atoms with van der Waals surface area (Å²) in [4.78, 5) is 28.3. The second-order valence-electron chi connectivity index (χ2n) is 9.02. The van der Waals surface area contributed by atoms with Gasteiger partial charge >= 0.3 is 0 Å². The van der Waals surface area contributed by atoms with Crippen LogP contribution >= 0.6 is 0 Å². The topological polar surface area (TPSA) is 71.8 Å². The van der Waals surface area contributed by atoms with Gasteiger partial charge in [0.05, 0.1) is 6.26 Å². The van der Waals surface area contributed by atoms with Crippen LogP contribution in [0.1, 0.15) is 40.1 Å². The van der Waals surface area contributed by atoms with E-state index in [2.05, 4.69) is 5.32 Å². The summed E-state index contributed by atoms with van der Waals surface area (Å²) in [7, 11) is 0. The van der Waals surface area contributed by atoms with Crippen LogP contribution in [0.2, 0.25) is 0 Å². The van der Waals surface area contributed by atoms with E-state index in [-0.39, 0.29) is 28.8 Å². The number of ether oxygens (including phenoxy) is 1. The molecule has 2 aromatic carbocycles. The number of halogens is 1. The first-order valence-electron chi connectivity index (χ1n) is 11.6. The number of hydrogen-bond donors (Lipinski definition) is 1. The van der Waals surface area contributed by atoms with Crippen LogP contribution in [0.3, 0.4) is 0 Å². The summed E-state index contributed by atoms with van der Waals surface area (Å²) in [6.07, 6.45) is 3.34. The van der Waals surface area contributed by atoms with Gasteiger partial charge in [0.25, 0.3) is 5.91 Å². The monoisotopic (exact) mass is 462 g/mol. The van der Waals surface area contributed by atoms with Gasteiger partial charge in [0, 0.05) is 38.1 Å². The molecule has 2 amide bonds. The van der Waals surface area contributed by atoms with Crippen molar-refractivity contribution in [1.82, 2.24) is 10.2 Å². The van der Waals surface area contributed by atoms with Crippen molar-refractivity contribution in [3.63, 3.8) is 0 Å². The maximum Gasteiger partial charge on any atom is 0.290 e. The maximum atomic E-state index is 13.6. The molecule has 0 spiro atoms. The molecule has 0 bridgehead atoms. The number of amides is 2. The Bertz CT molecular complexity index is 1150. The Balaban J connectivity index is 1.39. The minimum Gasteiger partial charge on any atom is -0.459 e. The van der Waals surface area contributed by atoms with E-state index in [9.17, 15) is 14.0 Å². The average molecular weight is 463 g/mol. The molecule has 0 aliphatic carbocycles. The fraction of sp³-hybridized carbons (Fsp3) is 0.333. The Labute approximate surface area is 197 Å². The number of carbonyl (C=O) groups excluding carboxylic acids is 2.